The lowest BCUT2D eigenvalue weighted by molar-refractivity contribution is -0.138. The minimum absolute atomic E-state index is 0.180. The number of likely N-dealkylation sites (tertiary alicyclic amines) is 1. The van der Waals surface area contributed by atoms with E-state index in [0.29, 0.717) is 30.8 Å². The van der Waals surface area contributed by atoms with E-state index in [0.717, 1.165) is 22.3 Å². The highest BCUT2D eigenvalue weighted by molar-refractivity contribution is 6.43. The summed E-state index contributed by atoms with van der Waals surface area (Å²) in [5.74, 6) is -0.717. The second-order valence-electron chi connectivity index (χ2n) is 9.75. The maximum atomic E-state index is 13.0. The van der Waals surface area contributed by atoms with Crippen LogP contribution in [-0.4, -0.2) is 58.8 Å². The maximum absolute atomic E-state index is 13.0. The van der Waals surface area contributed by atoms with Gasteiger partial charge in [-0.25, -0.2) is 0 Å². The van der Waals surface area contributed by atoms with Gasteiger partial charge in [0.2, 0.25) is 11.8 Å². The number of benzene rings is 1. The van der Waals surface area contributed by atoms with Crippen LogP contribution in [0.4, 0.5) is 0 Å². The van der Waals surface area contributed by atoms with Crippen molar-refractivity contribution in [1.82, 2.24) is 4.90 Å². The van der Waals surface area contributed by atoms with Gasteiger partial charge in [-0.05, 0) is 72.0 Å². The van der Waals surface area contributed by atoms with Crippen molar-refractivity contribution in [3.05, 3.63) is 70.7 Å². The van der Waals surface area contributed by atoms with Crippen molar-refractivity contribution >= 4 is 30.6 Å². The molecule has 3 heterocycles. The first kappa shape index (κ1) is 24.7. The van der Waals surface area contributed by atoms with Crippen LogP contribution < -0.4 is 0 Å². The quantitative estimate of drug-likeness (QED) is 0.309. The van der Waals surface area contributed by atoms with Gasteiger partial charge >= 0.3 is 7.12 Å². The Kier molecular flexibility index (Phi) is 6.99. The van der Waals surface area contributed by atoms with E-state index in [1.807, 2.05) is 36.4 Å². The number of furan rings is 1. The van der Waals surface area contributed by atoms with Crippen molar-refractivity contribution in [2.45, 2.75) is 38.3 Å². The van der Waals surface area contributed by atoms with Gasteiger partial charge in [-0.15, -0.1) is 0 Å². The molecule has 3 N–H and O–H groups in total. The van der Waals surface area contributed by atoms with Gasteiger partial charge in [-0.1, -0.05) is 30.3 Å². The van der Waals surface area contributed by atoms with Crippen LogP contribution in [0.5, 0.6) is 0 Å². The fourth-order valence-corrected chi connectivity index (χ4v) is 6.03. The highest BCUT2D eigenvalue weighted by Gasteiger charge is 2.56. The summed E-state index contributed by atoms with van der Waals surface area (Å²) in [6.45, 7) is -0.395. The Morgan fingerprint density at radius 2 is 1.86 bits per heavy atom. The standard InChI is InChI=1S/C27H30BNO7/c1-29-26(32)21-12-18(14-30)24-22(25(21)27(29)33)13-28(34)36-23(24)10-7-17(16-5-3-2-4-6-16)11-19-8-9-20(15-31)35-19/h2-6,8-9,11,21-23,25,30-31,34H,7,10,12-15H2,1H3/b17-11-/t21-,22+,23-,25-/m1/s1. The first-order valence-electron chi connectivity index (χ1n) is 12.3. The van der Waals surface area contributed by atoms with Crippen molar-refractivity contribution in [2.24, 2.45) is 17.8 Å². The van der Waals surface area contributed by atoms with Crippen molar-refractivity contribution in [1.29, 1.82) is 0 Å². The third kappa shape index (κ3) is 4.48. The minimum atomic E-state index is -1.06. The van der Waals surface area contributed by atoms with Crippen molar-refractivity contribution in [3.8, 4) is 0 Å². The smallest absolute Gasteiger partial charge is 0.455 e. The summed E-state index contributed by atoms with van der Waals surface area (Å²) in [7, 11) is 0.444. The molecule has 0 radical (unpaired) electrons. The average Bonchev–Trinajstić information content (AvgIpc) is 3.44. The largest absolute Gasteiger partial charge is 0.459 e. The molecule has 4 atom stereocenters. The Bertz CT molecular complexity index is 1200. The Morgan fingerprint density at radius 1 is 1.08 bits per heavy atom. The van der Waals surface area contributed by atoms with Gasteiger partial charge in [0.05, 0.1) is 24.5 Å². The van der Waals surface area contributed by atoms with E-state index < -0.39 is 25.1 Å². The van der Waals surface area contributed by atoms with Crippen molar-refractivity contribution < 1.29 is 33.9 Å². The van der Waals surface area contributed by atoms with E-state index in [1.165, 1.54) is 11.9 Å². The molecule has 2 fully saturated rings. The Hall–Kier alpha value is -2.98. The molecule has 9 heteroatoms. The van der Waals surface area contributed by atoms with E-state index in [4.69, 9.17) is 9.07 Å². The Labute approximate surface area is 210 Å². The molecule has 2 amide bonds. The third-order valence-corrected chi connectivity index (χ3v) is 7.69. The number of carbonyl (C=O) groups excluding carboxylic acids is 2. The summed E-state index contributed by atoms with van der Waals surface area (Å²) in [5.41, 5.74) is 3.58. The van der Waals surface area contributed by atoms with Crippen LogP contribution in [0.3, 0.4) is 0 Å². The molecule has 3 aliphatic rings. The van der Waals surface area contributed by atoms with Gasteiger partial charge in [0.1, 0.15) is 18.1 Å². The molecule has 2 saturated heterocycles. The second kappa shape index (κ2) is 10.2. The molecule has 1 aliphatic carbocycles. The summed E-state index contributed by atoms with van der Waals surface area (Å²) in [5, 5.41) is 30.1. The van der Waals surface area contributed by atoms with Gasteiger partial charge in [0, 0.05) is 7.05 Å². The third-order valence-electron chi connectivity index (χ3n) is 7.69. The molecule has 2 aromatic rings. The monoisotopic (exact) mass is 491 g/mol. The molecule has 2 aliphatic heterocycles. The van der Waals surface area contributed by atoms with Gasteiger partial charge in [-0.2, -0.15) is 0 Å². The van der Waals surface area contributed by atoms with E-state index >= 15 is 0 Å². The first-order chi connectivity index (χ1) is 17.4. The summed E-state index contributed by atoms with van der Waals surface area (Å²) in [6.07, 6.45) is 3.07. The molecule has 1 aromatic carbocycles. The predicted molar refractivity (Wildman–Crippen MR) is 133 cm³/mol. The van der Waals surface area contributed by atoms with Crippen LogP contribution in [0.25, 0.3) is 11.6 Å². The molecular formula is C27H30BNO7. The number of allylic oxidation sites excluding steroid dienone is 1. The number of amides is 2. The molecular weight excluding hydrogens is 461 g/mol. The molecule has 36 heavy (non-hydrogen) atoms. The van der Waals surface area contributed by atoms with Crippen LogP contribution in [0.1, 0.15) is 36.3 Å². The molecule has 5 rings (SSSR count). The van der Waals surface area contributed by atoms with Crippen molar-refractivity contribution in [2.75, 3.05) is 13.7 Å². The average molecular weight is 491 g/mol. The molecule has 0 saturated carbocycles. The first-order valence-corrected chi connectivity index (χ1v) is 12.3. The SMILES string of the molecule is CN1C(=O)[C@@H]2[C@@H](CC(CO)=C3[C@@H](CC/C(=C/c4ccc(CO)o4)c4ccccc4)OB(O)C[C@@H]32)C1=O. The number of rotatable bonds is 7. The van der Waals surface area contributed by atoms with Gasteiger partial charge < -0.3 is 24.3 Å². The normalized spacial score (nSPS) is 26.5. The summed E-state index contributed by atoms with van der Waals surface area (Å²) in [4.78, 5) is 26.8. The minimum Gasteiger partial charge on any atom is -0.459 e. The zero-order valence-electron chi connectivity index (χ0n) is 20.2. The van der Waals surface area contributed by atoms with Crippen molar-refractivity contribution in [3.63, 3.8) is 0 Å². The summed E-state index contributed by atoms with van der Waals surface area (Å²) >= 11 is 0. The highest BCUT2D eigenvalue weighted by atomic mass is 16.5. The van der Waals surface area contributed by atoms with Crippen LogP contribution >= 0.6 is 0 Å². The maximum Gasteiger partial charge on any atom is 0.455 e. The van der Waals surface area contributed by atoms with Gasteiger partial charge in [0.25, 0.3) is 0 Å². The Balaban J connectivity index is 1.45. The lowest BCUT2D eigenvalue weighted by Gasteiger charge is -2.43. The number of aliphatic hydroxyl groups is 2. The zero-order chi connectivity index (χ0) is 25.4. The molecule has 0 unspecified atom stereocenters. The van der Waals surface area contributed by atoms with E-state index in [-0.39, 0.29) is 37.3 Å². The van der Waals surface area contributed by atoms with Gasteiger partial charge in [-0.3, -0.25) is 14.5 Å². The molecule has 0 bridgehead atoms. The summed E-state index contributed by atoms with van der Waals surface area (Å²) < 4.78 is 11.7. The lowest BCUT2D eigenvalue weighted by Crippen LogP contribution is -2.46. The molecule has 188 valence electrons. The number of fused-ring (bicyclic) bond motifs is 3. The van der Waals surface area contributed by atoms with Gasteiger partial charge in [0.15, 0.2) is 0 Å². The number of hydrogen-bond acceptors (Lipinski definition) is 7. The number of nitrogens with zero attached hydrogens (tertiary/aromatic N) is 1. The van der Waals surface area contributed by atoms with E-state index in [1.54, 1.807) is 12.1 Å². The van der Waals surface area contributed by atoms with Crippen LogP contribution in [0.2, 0.25) is 6.32 Å². The van der Waals surface area contributed by atoms with E-state index in [2.05, 4.69) is 0 Å². The van der Waals surface area contributed by atoms with E-state index in [9.17, 15) is 24.8 Å². The highest BCUT2D eigenvalue weighted by Crippen LogP contribution is 2.50. The zero-order valence-corrected chi connectivity index (χ0v) is 20.2. The summed E-state index contributed by atoms with van der Waals surface area (Å²) in [6, 6.07) is 13.4. The lowest BCUT2D eigenvalue weighted by atomic mass is 9.58. The Morgan fingerprint density at radius 3 is 2.56 bits per heavy atom. The van der Waals surface area contributed by atoms with Crippen LogP contribution in [-0.2, 0) is 20.9 Å². The predicted octanol–water partition coefficient (Wildman–Crippen LogP) is 2.51. The number of aliphatic hydroxyl groups excluding tert-OH is 2. The topological polar surface area (TPSA) is 120 Å². The molecule has 1 aromatic heterocycles. The second-order valence-corrected chi connectivity index (χ2v) is 9.75. The van der Waals surface area contributed by atoms with Crippen LogP contribution in [0.15, 0.2) is 58.0 Å². The molecule has 0 spiro atoms. The number of hydrogen-bond donors (Lipinski definition) is 3. The number of imide groups is 1. The number of carbonyl (C=O) groups is 2. The molecule has 8 nitrogen and oxygen atoms in total. The van der Waals surface area contributed by atoms with Crippen LogP contribution in [0, 0.1) is 17.8 Å². The fraction of sp³-hybridized carbons (Fsp3) is 0.407. The fourth-order valence-electron chi connectivity index (χ4n) is 6.03.